The van der Waals surface area contributed by atoms with E-state index in [9.17, 15) is 9.59 Å². The van der Waals surface area contributed by atoms with Crippen LogP contribution in [0.3, 0.4) is 0 Å². The second-order valence-corrected chi connectivity index (χ2v) is 7.59. The summed E-state index contributed by atoms with van der Waals surface area (Å²) in [5.74, 6) is -0.258. The average Bonchev–Trinajstić information content (AvgIpc) is 3.20. The molecule has 0 unspecified atom stereocenters. The molecule has 1 fully saturated rings. The standard InChI is InChI=1S/C22H22ClN3O2/c23-19-6-2-1-4-17(19)13-25-21(27)18-5-3-11-26(14-18)22(28)16-8-7-15-9-10-24-20(15)12-16/h1-2,4,6-10,12,18,24H,3,5,11,13-14H2,(H,25,27)/t18-/m1/s1. The molecule has 2 aromatic carbocycles. The molecule has 1 saturated heterocycles. The zero-order chi connectivity index (χ0) is 19.5. The van der Waals surface area contributed by atoms with Gasteiger partial charge in [0.2, 0.25) is 5.91 Å². The smallest absolute Gasteiger partial charge is 0.253 e. The Morgan fingerprint density at radius 2 is 2.04 bits per heavy atom. The van der Waals surface area contributed by atoms with Gasteiger partial charge in [-0.25, -0.2) is 0 Å². The van der Waals surface area contributed by atoms with Crippen LogP contribution in [0.1, 0.15) is 28.8 Å². The van der Waals surface area contributed by atoms with E-state index >= 15 is 0 Å². The van der Waals surface area contributed by atoms with Crippen LogP contribution >= 0.6 is 11.6 Å². The number of hydrogen-bond acceptors (Lipinski definition) is 2. The van der Waals surface area contributed by atoms with Gasteiger partial charge in [-0.15, -0.1) is 0 Å². The van der Waals surface area contributed by atoms with Crippen molar-refractivity contribution in [3.05, 3.63) is 70.9 Å². The summed E-state index contributed by atoms with van der Waals surface area (Å²) >= 11 is 6.15. The van der Waals surface area contributed by atoms with Gasteiger partial charge < -0.3 is 15.2 Å². The van der Waals surface area contributed by atoms with Gasteiger partial charge in [0.15, 0.2) is 0 Å². The predicted molar refractivity (Wildman–Crippen MR) is 110 cm³/mol. The highest BCUT2D eigenvalue weighted by atomic mass is 35.5. The molecule has 0 saturated carbocycles. The number of carbonyl (C=O) groups excluding carboxylic acids is 2. The fraction of sp³-hybridized carbons (Fsp3) is 0.273. The summed E-state index contributed by atoms with van der Waals surface area (Å²) in [5.41, 5.74) is 2.48. The molecule has 2 heterocycles. The Bertz CT molecular complexity index is 1010. The second-order valence-electron chi connectivity index (χ2n) is 7.18. The molecule has 3 aromatic rings. The lowest BCUT2D eigenvalue weighted by Gasteiger charge is -2.32. The zero-order valence-corrected chi connectivity index (χ0v) is 16.2. The topological polar surface area (TPSA) is 65.2 Å². The Morgan fingerprint density at radius 1 is 1.18 bits per heavy atom. The van der Waals surface area contributed by atoms with Crippen molar-refractivity contribution in [3.8, 4) is 0 Å². The summed E-state index contributed by atoms with van der Waals surface area (Å²) in [5, 5.41) is 4.68. The third-order valence-electron chi connectivity index (χ3n) is 5.29. The fourth-order valence-electron chi connectivity index (χ4n) is 3.71. The zero-order valence-electron chi connectivity index (χ0n) is 15.5. The first-order valence-electron chi connectivity index (χ1n) is 9.49. The first kappa shape index (κ1) is 18.6. The SMILES string of the molecule is O=C(NCc1ccccc1Cl)[C@@H]1CCCN(C(=O)c2ccc3cc[nH]c3c2)C1. The molecule has 144 valence electrons. The van der Waals surface area contributed by atoms with E-state index < -0.39 is 0 Å². The van der Waals surface area contributed by atoms with Crippen LogP contribution < -0.4 is 5.32 Å². The van der Waals surface area contributed by atoms with Crippen LogP contribution in [0.15, 0.2) is 54.7 Å². The van der Waals surface area contributed by atoms with Gasteiger partial charge in [-0.1, -0.05) is 35.9 Å². The highest BCUT2D eigenvalue weighted by molar-refractivity contribution is 6.31. The van der Waals surface area contributed by atoms with Crippen LogP contribution in [0.25, 0.3) is 10.9 Å². The predicted octanol–water partition coefficient (Wildman–Crippen LogP) is 3.99. The summed E-state index contributed by atoms with van der Waals surface area (Å²) in [6.07, 6.45) is 3.47. The molecular formula is C22H22ClN3O2. The third-order valence-corrected chi connectivity index (χ3v) is 5.66. The molecule has 5 nitrogen and oxygen atoms in total. The van der Waals surface area contributed by atoms with Crippen LogP contribution in [0.4, 0.5) is 0 Å². The number of amides is 2. The highest BCUT2D eigenvalue weighted by Crippen LogP contribution is 2.21. The van der Waals surface area contributed by atoms with Crippen LogP contribution in [-0.4, -0.2) is 34.8 Å². The number of piperidine rings is 1. The van der Waals surface area contributed by atoms with E-state index in [1.165, 1.54) is 0 Å². The minimum absolute atomic E-state index is 0.0277. The maximum atomic E-state index is 12.9. The van der Waals surface area contributed by atoms with Gasteiger partial charge in [-0.05, 0) is 48.1 Å². The van der Waals surface area contributed by atoms with Gasteiger partial charge in [0, 0.05) is 41.9 Å². The minimum Gasteiger partial charge on any atom is -0.361 e. The Kier molecular flexibility index (Phi) is 5.35. The van der Waals surface area contributed by atoms with E-state index in [4.69, 9.17) is 11.6 Å². The molecule has 0 bridgehead atoms. The van der Waals surface area contributed by atoms with E-state index in [0.717, 1.165) is 29.3 Å². The maximum Gasteiger partial charge on any atom is 0.253 e. The van der Waals surface area contributed by atoms with Crippen molar-refractivity contribution < 1.29 is 9.59 Å². The van der Waals surface area contributed by atoms with Crippen molar-refractivity contribution in [2.24, 2.45) is 5.92 Å². The van der Waals surface area contributed by atoms with Gasteiger partial charge in [0.1, 0.15) is 0 Å². The number of fused-ring (bicyclic) bond motifs is 1. The third kappa shape index (κ3) is 3.90. The quantitative estimate of drug-likeness (QED) is 0.701. The van der Waals surface area contributed by atoms with E-state index in [-0.39, 0.29) is 17.7 Å². The summed E-state index contributed by atoms with van der Waals surface area (Å²) < 4.78 is 0. The van der Waals surface area contributed by atoms with Crippen LogP contribution in [0.2, 0.25) is 5.02 Å². The van der Waals surface area contributed by atoms with E-state index in [1.54, 1.807) is 4.90 Å². The van der Waals surface area contributed by atoms with Gasteiger partial charge in [0.25, 0.3) is 5.91 Å². The molecule has 6 heteroatoms. The lowest BCUT2D eigenvalue weighted by molar-refractivity contribution is -0.126. The number of likely N-dealkylation sites (tertiary alicyclic amines) is 1. The second kappa shape index (κ2) is 8.07. The van der Waals surface area contributed by atoms with Crippen LogP contribution in [0.5, 0.6) is 0 Å². The lowest BCUT2D eigenvalue weighted by Crippen LogP contribution is -2.45. The first-order chi connectivity index (χ1) is 13.6. The number of rotatable bonds is 4. The number of H-pyrrole nitrogens is 1. The van der Waals surface area contributed by atoms with Crippen molar-refractivity contribution >= 4 is 34.3 Å². The molecule has 1 aromatic heterocycles. The Balaban J connectivity index is 1.39. The number of hydrogen-bond donors (Lipinski definition) is 2. The van der Waals surface area contributed by atoms with Crippen molar-refractivity contribution in [3.63, 3.8) is 0 Å². The summed E-state index contributed by atoms with van der Waals surface area (Å²) in [6, 6.07) is 15.1. The van der Waals surface area contributed by atoms with Crippen LogP contribution in [0, 0.1) is 5.92 Å². The first-order valence-corrected chi connectivity index (χ1v) is 9.87. The number of carbonyl (C=O) groups is 2. The van der Waals surface area contributed by atoms with Gasteiger partial charge in [-0.3, -0.25) is 9.59 Å². The normalized spacial score (nSPS) is 16.9. The molecule has 4 rings (SSSR count). The fourth-order valence-corrected chi connectivity index (χ4v) is 3.91. The van der Waals surface area contributed by atoms with Gasteiger partial charge in [-0.2, -0.15) is 0 Å². The van der Waals surface area contributed by atoms with Gasteiger partial charge >= 0.3 is 0 Å². The summed E-state index contributed by atoms with van der Waals surface area (Å²) in [6.45, 7) is 1.51. The number of aromatic amines is 1. The molecule has 1 aliphatic heterocycles. The largest absolute Gasteiger partial charge is 0.361 e. The molecule has 2 N–H and O–H groups in total. The van der Waals surface area contributed by atoms with Crippen molar-refractivity contribution in [2.75, 3.05) is 13.1 Å². The number of nitrogens with zero attached hydrogens (tertiary/aromatic N) is 1. The Hall–Kier alpha value is -2.79. The average molecular weight is 396 g/mol. The molecule has 0 radical (unpaired) electrons. The molecule has 0 aliphatic carbocycles. The highest BCUT2D eigenvalue weighted by Gasteiger charge is 2.29. The summed E-state index contributed by atoms with van der Waals surface area (Å²) in [7, 11) is 0. The summed E-state index contributed by atoms with van der Waals surface area (Å²) in [4.78, 5) is 30.5. The van der Waals surface area contributed by atoms with E-state index in [1.807, 2.05) is 54.7 Å². The van der Waals surface area contributed by atoms with E-state index in [0.29, 0.717) is 30.2 Å². The van der Waals surface area contributed by atoms with Crippen LogP contribution in [-0.2, 0) is 11.3 Å². The molecule has 28 heavy (non-hydrogen) atoms. The van der Waals surface area contributed by atoms with Crippen molar-refractivity contribution in [1.29, 1.82) is 0 Å². The molecular weight excluding hydrogens is 374 g/mol. The molecule has 1 aliphatic rings. The Morgan fingerprint density at radius 3 is 2.89 bits per heavy atom. The number of halogens is 1. The maximum absolute atomic E-state index is 12.9. The molecule has 1 atom stereocenters. The molecule has 0 spiro atoms. The number of aromatic nitrogens is 1. The van der Waals surface area contributed by atoms with Gasteiger partial charge in [0.05, 0.1) is 5.92 Å². The van der Waals surface area contributed by atoms with E-state index in [2.05, 4.69) is 10.3 Å². The monoisotopic (exact) mass is 395 g/mol. The van der Waals surface area contributed by atoms with Crippen molar-refractivity contribution in [1.82, 2.24) is 15.2 Å². The lowest BCUT2D eigenvalue weighted by atomic mass is 9.96. The Labute approximate surface area is 168 Å². The number of benzene rings is 2. The number of nitrogens with one attached hydrogen (secondary N) is 2. The molecule has 2 amide bonds. The van der Waals surface area contributed by atoms with Crippen molar-refractivity contribution in [2.45, 2.75) is 19.4 Å². The minimum atomic E-state index is -0.200.